The molecule has 0 bridgehead atoms. The van der Waals surface area contributed by atoms with Gasteiger partial charge in [-0.1, -0.05) is 30.3 Å². The minimum atomic E-state index is -0.345. The van der Waals surface area contributed by atoms with E-state index in [1.54, 1.807) is 20.4 Å². The molecule has 5 rings (SSSR count). The van der Waals surface area contributed by atoms with Crippen molar-refractivity contribution in [2.45, 2.75) is 12.5 Å². The maximum Gasteiger partial charge on any atom is 0.272 e. The predicted octanol–water partition coefficient (Wildman–Crippen LogP) is 3.70. The van der Waals surface area contributed by atoms with Crippen molar-refractivity contribution in [3.8, 4) is 11.5 Å². The molecule has 0 radical (unpaired) electrons. The van der Waals surface area contributed by atoms with Crippen molar-refractivity contribution in [1.82, 2.24) is 19.9 Å². The third-order valence-corrected chi connectivity index (χ3v) is 5.75. The third kappa shape index (κ3) is 2.74. The number of imidazole rings is 1. The Hall–Kier alpha value is -3.74. The number of carbonyl (C=O) groups is 1. The number of nitrogens with one attached hydrogen (secondary N) is 2. The summed E-state index contributed by atoms with van der Waals surface area (Å²) in [5.41, 5.74) is 4.62. The summed E-state index contributed by atoms with van der Waals surface area (Å²) in [7, 11) is 3.24. The number of aromatic nitrogens is 3. The molecule has 3 heterocycles. The van der Waals surface area contributed by atoms with E-state index in [0.717, 1.165) is 23.2 Å². The molecule has 152 valence electrons. The van der Waals surface area contributed by atoms with Crippen molar-refractivity contribution in [3.63, 3.8) is 0 Å². The van der Waals surface area contributed by atoms with Crippen molar-refractivity contribution in [1.29, 1.82) is 0 Å². The summed E-state index contributed by atoms with van der Waals surface area (Å²) in [6.07, 6.45) is 3.84. The van der Waals surface area contributed by atoms with Gasteiger partial charge in [0.2, 0.25) is 0 Å². The Kier molecular flexibility index (Phi) is 4.43. The fraction of sp³-hybridized carbons (Fsp3) is 0.217. The van der Waals surface area contributed by atoms with E-state index in [2.05, 4.69) is 27.1 Å². The predicted molar refractivity (Wildman–Crippen MR) is 113 cm³/mol. The van der Waals surface area contributed by atoms with Crippen LogP contribution in [-0.2, 0) is 6.42 Å². The molecule has 1 atom stereocenters. The normalized spacial score (nSPS) is 15.8. The summed E-state index contributed by atoms with van der Waals surface area (Å²) in [6, 6.07) is 13.7. The number of aromatic amines is 2. The Labute approximate surface area is 173 Å². The highest BCUT2D eigenvalue weighted by Gasteiger charge is 2.37. The number of fused-ring (bicyclic) bond motifs is 3. The van der Waals surface area contributed by atoms with Crippen molar-refractivity contribution in [2.24, 2.45) is 0 Å². The molecule has 1 unspecified atom stereocenters. The first-order valence-corrected chi connectivity index (χ1v) is 9.82. The van der Waals surface area contributed by atoms with Gasteiger partial charge in [0.1, 0.15) is 11.7 Å². The molecule has 0 aliphatic carbocycles. The lowest BCUT2D eigenvalue weighted by atomic mass is 9.91. The van der Waals surface area contributed by atoms with E-state index < -0.39 is 0 Å². The third-order valence-electron chi connectivity index (χ3n) is 5.75. The summed E-state index contributed by atoms with van der Waals surface area (Å²) >= 11 is 0. The molecule has 30 heavy (non-hydrogen) atoms. The first kappa shape index (κ1) is 18.3. The fourth-order valence-electron chi connectivity index (χ4n) is 4.44. The highest BCUT2D eigenvalue weighted by atomic mass is 16.5. The zero-order valence-electron chi connectivity index (χ0n) is 16.8. The van der Waals surface area contributed by atoms with Crippen LogP contribution in [0.25, 0.3) is 10.9 Å². The Balaban J connectivity index is 1.73. The molecular weight excluding hydrogens is 380 g/mol. The van der Waals surface area contributed by atoms with E-state index in [4.69, 9.17) is 9.47 Å². The Bertz CT molecular complexity index is 1210. The second-order valence-electron chi connectivity index (χ2n) is 7.26. The number of carbonyl (C=O) groups excluding carboxylic acids is 1. The van der Waals surface area contributed by atoms with E-state index in [-0.39, 0.29) is 11.9 Å². The number of ether oxygens (including phenoxy) is 2. The second-order valence-corrected chi connectivity index (χ2v) is 7.26. The average molecular weight is 402 g/mol. The van der Waals surface area contributed by atoms with Crippen LogP contribution in [0.15, 0.2) is 55.0 Å². The Morgan fingerprint density at radius 1 is 1.13 bits per heavy atom. The zero-order chi connectivity index (χ0) is 20.7. The molecule has 7 heteroatoms. The number of methoxy groups -OCH3 is 2. The molecule has 7 nitrogen and oxygen atoms in total. The van der Waals surface area contributed by atoms with Gasteiger partial charge in [-0.25, -0.2) is 4.98 Å². The number of nitrogens with zero attached hydrogens (tertiary/aromatic N) is 2. The second kappa shape index (κ2) is 7.26. The van der Waals surface area contributed by atoms with Crippen LogP contribution in [0.4, 0.5) is 0 Å². The van der Waals surface area contributed by atoms with Crippen LogP contribution in [0.2, 0.25) is 0 Å². The van der Waals surface area contributed by atoms with E-state index in [0.29, 0.717) is 23.7 Å². The van der Waals surface area contributed by atoms with Crippen molar-refractivity contribution in [2.75, 3.05) is 20.8 Å². The van der Waals surface area contributed by atoms with Crippen LogP contribution >= 0.6 is 0 Å². The fourth-order valence-corrected chi connectivity index (χ4v) is 4.44. The van der Waals surface area contributed by atoms with Crippen molar-refractivity contribution >= 4 is 16.8 Å². The molecule has 0 saturated heterocycles. The van der Waals surface area contributed by atoms with E-state index in [1.165, 1.54) is 17.3 Å². The maximum atomic E-state index is 13.4. The number of hydrogen-bond acceptors (Lipinski definition) is 4. The van der Waals surface area contributed by atoms with Crippen molar-refractivity contribution < 1.29 is 14.3 Å². The molecule has 2 N–H and O–H groups in total. The summed E-state index contributed by atoms with van der Waals surface area (Å²) < 4.78 is 11.3. The van der Waals surface area contributed by atoms with E-state index >= 15 is 0 Å². The highest BCUT2D eigenvalue weighted by Crippen LogP contribution is 2.44. The number of para-hydroxylation sites is 2. The van der Waals surface area contributed by atoms with Crippen LogP contribution < -0.4 is 9.47 Å². The van der Waals surface area contributed by atoms with Crippen LogP contribution in [0.1, 0.15) is 33.4 Å². The smallest absolute Gasteiger partial charge is 0.272 e. The van der Waals surface area contributed by atoms with Gasteiger partial charge < -0.3 is 24.3 Å². The lowest BCUT2D eigenvalue weighted by Crippen LogP contribution is -2.41. The molecule has 1 aliphatic rings. The minimum absolute atomic E-state index is 0.105. The zero-order valence-corrected chi connectivity index (χ0v) is 16.8. The van der Waals surface area contributed by atoms with Crippen molar-refractivity contribution in [3.05, 3.63) is 77.5 Å². The van der Waals surface area contributed by atoms with Crippen LogP contribution in [0.3, 0.4) is 0 Å². The van der Waals surface area contributed by atoms with Crippen LogP contribution in [0, 0.1) is 0 Å². The van der Waals surface area contributed by atoms with Gasteiger partial charge in [0.05, 0.1) is 26.7 Å². The first-order valence-electron chi connectivity index (χ1n) is 9.82. The van der Waals surface area contributed by atoms with Gasteiger partial charge in [0, 0.05) is 28.7 Å². The van der Waals surface area contributed by atoms with Crippen LogP contribution in [-0.4, -0.2) is 46.5 Å². The monoisotopic (exact) mass is 402 g/mol. The topological polar surface area (TPSA) is 83.2 Å². The summed E-state index contributed by atoms with van der Waals surface area (Å²) in [4.78, 5) is 25.8. The van der Waals surface area contributed by atoms with E-state index in [1.807, 2.05) is 35.2 Å². The summed E-state index contributed by atoms with van der Waals surface area (Å²) in [5.74, 6) is 1.15. The van der Waals surface area contributed by atoms with E-state index in [9.17, 15) is 4.79 Å². The number of H-pyrrole nitrogens is 2. The molecule has 2 aromatic carbocycles. The number of benzene rings is 2. The minimum Gasteiger partial charge on any atom is -0.493 e. The molecule has 0 fully saturated rings. The summed E-state index contributed by atoms with van der Waals surface area (Å²) in [5, 5.41) is 1.19. The van der Waals surface area contributed by atoms with Gasteiger partial charge in [-0.15, -0.1) is 0 Å². The number of hydrogen-bond donors (Lipinski definition) is 2. The molecule has 2 aromatic heterocycles. The summed E-state index contributed by atoms with van der Waals surface area (Å²) in [6.45, 7) is 0.581. The van der Waals surface area contributed by atoms with Gasteiger partial charge in [-0.05, 0) is 24.1 Å². The van der Waals surface area contributed by atoms with Gasteiger partial charge in [-0.3, -0.25) is 4.79 Å². The number of amides is 1. The lowest BCUT2D eigenvalue weighted by molar-refractivity contribution is 0.0684. The highest BCUT2D eigenvalue weighted by molar-refractivity contribution is 5.94. The molecule has 4 aromatic rings. The lowest BCUT2D eigenvalue weighted by Gasteiger charge is -2.36. The van der Waals surface area contributed by atoms with Crippen LogP contribution in [0.5, 0.6) is 11.5 Å². The standard InChI is InChI=1S/C23H22N4O3/c1-29-19-9-5-7-16(22(19)30-2)21-20-15(14-6-3-4-8-17(14)26-20)10-11-27(21)23(28)18-12-24-13-25-18/h3-9,12-13,21,26H,10-11H2,1-2H3,(H,24,25). The van der Waals surface area contributed by atoms with Gasteiger partial charge >= 0.3 is 0 Å². The van der Waals surface area contributed by atoms with Gasteiger partial charge in [0.25, 0.3) is 5.91 Å². The Morgan fingerprint density at radius 3 is 2.77 bits per heavy atom. The van der Waals surface area contributed by atoms with Gasteiger partial charge in [0.15, 0.2) is 11.5 Å². The Morgan fingerprint density at radius 2 is 2.00 bits per heavy atom. The molecule has 0 saturated carbocycles. The SMILES string of the molecule is COc1cccc(C2c3[nH]c4ccccc4c3CCN2C(=O)c2cnc[nH]2)c1OC. The largest absolute Gasteiger partial charge is 0.493 e. The molecule has 1 amide bonds. The average Bonchev–Trinajstić information content (AvgIpc) is 3.45. The molecular formula is C23H22N4O3. The molecule has 0 spiro atoms. The number of rotatable bonds is 4. The molecule has 1 aliphatic heterocycles. The van der Waals surface area contributed by atoms with Gasteiger partial charge in [-0.2, -0.15) is 0 Å². The maximum absolute atomic E-state index is 13.4. The first-order chi connectivity index (χ1) is 14.7. The quantitative estimate of drug-likeness (QED) is 0.545.